The monoisotopic (exact) mass is 472 g/mol. The number of pyridine rings is 2. The second-order valence-corrected chi connectivity index (χ2v) is 8.73. The van der Waals surface area contributed by atoms with Crippen LogP contribution in [-0.4, -0.2) is 38.5 Å². The van der Waals surface area contributed by atoms with Crippen molar-refractivity contribution in [2.75, 3.05) is 18.9 Å². The first-order valence-corrected chi connectivity index (χ1v) is 11.6. The molecule has 0 aliphatic carbocycles. The Bertz CT molecular complexity index is 1540. The van der Waals surface area contributed by atoms with E-state index >= 15 is 0 Å². The number of ether oxygens (including phenoxy) is 1. The van der Waals surface area contributed by atoms with E-state index in [1.54, 1.807) is 54.6 Å². The third kappa shape index (κ3) is 4.67. The number of aromatic nitrogens is 2. The molecule has 0 spiro atoms. The Morgan fingerprint density at radius 1 is 0.971 bits per heavy atom. The highest BCUT2D eigenvalue weighted by Gasteiger charge is 2.21. The summed E-state index contributed by atoms with van der Waals surface area (Å²) in [6.07, 6.45) is 3.02. The number of hydrogen-bond donors (Lipinski definition) is 2. The maximum Gasteiger partial charge on any atom is 0.269 e. The Hall–Kier alpha value is -4.42. The molecule has 4 aromatic rings. The zero-order chi connectivity index (χ0) is 24.1. The van der Waals surface area contributed by atoms with Crippen LogP contribution in [0.25, 0.3) is 10.9 Å². The lowest BCUT2D eigenvalue weighted by Crippen LogP contribution is -2.18. The largest absolute Gasteiger partial charge is 0.496 e. The van der Waals surface area contributed by atoms with Crippen molar-refractivity contribution >= 4 is 32.5 Å². The Morgan fingerprint density at radius 2 is 1.79 bits per heavy atom. The Labute approximate surface area is 197 Å². The zero-order valence-corrected chi connectivity index (χ0v) is 19.2. The number of sulfonamides is 1. The summed E-state index contributed by atoms with van der Waals surface area (Å²) < 4.78 is 34.5. The summed E-state index contributed by atoms with van der Waals surface area (Å²) >= 11 is 0. The molecule has 0 atom stereocenters. The maximum absolute atomic E-state index is 13.3. The molecule has 1 amide bonds. The van der Waals surface area contributed by atoms with Gasteiger partial charge in [-0.25, -0.2) is 13.4 Å². The smallest absolute Gasteiger partial charge is 0.269 e. The summed E-state index contributed by atoms with van der Waals surface area (Å²) in [6, 6.07) is 16.6. The summed E-state index contributed by atoms with van der Waals surface area (Å²) in [6.45, 7) is 0. The molecule has 0 unspecified atom stereocenters. The predicted molar refractivity (Wildman–Crippen MR) is 129 cm³/mol. The lowest BCUT2D eigenvalue weighted by Gasteiger charge is -2.13. The highest BCUT2D eigenvalue weighted by atomic mass is 32.2. The number of fused-ring (bicyclic) bond motifs is 1. The van der Waals surface area contributed by atoms with Crippen molar-refractivity contribution in [1.29, 1.82) is 0 Å². The lowest BCUT2D eigenvalue weighted by atomic mass is 10.1. The van der Waals surface area contributed by atoms with Crippen LogP contribution in [0.5, 0.6) is 5.75 Å². The van der Waals surface area contributed by atoms with Gasteiger partial charge in [-0.1, -0.05) is 24.0 Å². The molecule has 170 valence electrons. The minimum absolute atomic E-state index is 0.0284. The normalized spacial score (nSPS) is 10.8. The second-order valence-electron chi connectivity index (χ2n) is 7.08. The van der Waals surface area contributed by atoms with Crippen LogP contribution in [0, 0.1) is 11.8 Å². The first-order valence-electron chi connectivity index (χ1n) is 10.2. The van der Waals surface area contributed by atoms with E-state index < -0.39 is 10.0 Å². The number of carbonyl (C=O) groups excluding carboxylic acids is 1. The molecule has 2 aromatic heterocycles. The summed E-state index contributed by atoms with van der Waals surface area (Å²) in [5, 5.41) is 3.10. The quantitative estimate of drug-likeness (QED) is 0.432. The van der Waals surface area contributed by atoms with Crippen molar-refractivity contribution in [3.63, 3.8) is 0 Å². The van der Waals surface area contributed by atoms with Crippen molar-refractivity contribution in [3.8, 4) is 17.6 Å². The predicted octanol–water partition coefficient (Wildman–Crippen LogP) is 3.20. The fourth-order valence-electron chi connectivity index (χ4n) is 3.27. The van der Waals surface area contributed by atoms with E-state index in [1.807, 2.05) is 0 Å². The fourth-order valence-corrected chi connectivity index (χ4v) is 4.51. The molecule has 0 saturated carbocycles. The van der Waals surface area contributed by atoms with Gasteiger partial charge in [0.05, 0.1) is 18.3 Å². The van der Waals surface area contributed by atoms with Gasteiger partial charge in [0.25, 0.3) is 15.9 Å². The van der Waals surface area contributed by atoms with Crippen molar-refractivity contribution in [2.45, 2.75) is 4.90 Å². The molecule has 0 saturated heterocycles. The van der Waals surface area contributed by atoms with Crippen molar-refractivity contribution in [3.05, 3.63) is 89.9 Å². The number of anilines is 1. The standard InChI is InChI=1S/C25H20N4O4S/c1-26-25(30)21-12-10-17(16-28-21)9-11-18-6-3-4-8-20(18)29-34(31,32)23-14-13-22(33-2)19-7-5-15-27-24(19)23/h3-8,10,12-16,29H,1-2H3,(H,26,30). The van der Waals surface area contributed by atoms with Gasteiger partial charge in [-0.05, 0) is 48.5 Å². The summed E-state index contributed by atoms with van der Waals surface area (Å²) in [5.74, 6) is 6.16. The van der Waals surface area contributed by atoms with Crippen LogP contribution in [-0.2, 0) is 10.0 Å². The molecule has 2 heterocycles. The van der Waals surface area contributed by atoms with Crippen LogP contribution in [0.1, 0.15) is 21.6 Å². The second kappa shape index (κ2) is 9.60. The molecular formula is C25H20N4O4S. The van der Waals surface area contributed by atoms with Gasteiger partial charge in [0.1, 0.15) is 16.3 Å². The number of rotatable bonds is 5. The van der Waals surface area contributed by atoms with Crippen LogP contribution < -0.4 is 14.8 Å². The highest BCUT2D eigenvalue weighted by molar-refractivity contribution is 7.93. The van der Waals surface area contributed by atoms with E-state index in [0.717, 1.165) is 0 Å². The number of hydrogen-bond acceptors (Lipinski definition) is 6. The fraction of sp³-hybridized carbons (Fsp3) is 0.0800. The van der Waals surface area contributed by atoms with Gasteiger partial charge < -0.3 is 10.1 Å². The van der Waals surface area contributed by atoms with E-state index in [1.165, 1.54) is 32.6 Å². The number of methoxy groups -OCH3 is 1. The number of para-hydroxylation sites is 1. The zero-order valence-electron chi connectivity index (χ0n) is 18.4. The van der Waals surface area contributed by atoms with E-state index in [2.05, 4.69) is 31.8 Å². The molecule has 8 nitrogen and oxygen atoms in total. The third-order valence-electron chi connectivity index (χ3n) is 4.94. The van der Waals surface area contributed by atoms with Gasteiger partial charge in [-0.2, -0.15) is 0 Å². The molecule has 34 heavy (non-hydrogen) atoms. The van der Waals surface area contributed by atoms with Gasteiger partial charge in [-0.3, -0.25) is 14.5 Å². The molecule has 9 heteroatoms. The first kappa shape index (κ1) is 22.8. The van der Waals surface area contributed by atoms with Crippen molar-refractivity contribution in [1.82, 2.24) is 15.3 Å². The number of benzene rings is 2. The average Bonchev–Trinajstić information content (AvgIpc) is 2.87. The first-order chi connectivity index (χ1) is 16.4. The van der Waals surface area contributed by atoms with Gasteiger partial charge in [0, 0.05) is 36.0 Å². The minimum atomic E-state index is -3.98. The Kier molecular flexibility index (Phi) is 6.43. The molecule has 0 fully saturated rings. The average molecular weight is 473 g/mol. The summed E-state index contributed by atoms with van der Waals surface area (Å²) in [5.41, 5.74) is 1.97. The lowest BCUT2D eigenvalue weighted by molar-refractivity contribution is 0.0958. The van der Waals surface area contributed by atoms with Crippen LogP contribution in [0.4, 0.5) is 5.69 Å². The molecule has 4 rings (SSSR count). The van der Waals surface area contributed by atoms with Crippen molar-refractivity contribution in [2.24, 2.45) is 0 Å². The summed E-state index contributed by atoms with van der Waals surface area (Å²) in [4.78, 5) is 20.0. The number of amides is 1. The van der Waals surface area contributed by atoms with Crippen molar-refractivity contribution < 1.29 is 17.9 Å². The number of nitrogens with one attached hydrogen (secondary N) is 2. The van der Waals surface area contributed by atoms with Crippen LogP contribution in [0.3, 0.4) is 0 Å². The van der Waals surface area contributed by atoms with Gasteiger partial charge in [0.15, 0.2) is 0 Å². The van der Waals surface area contributed by atoms with Gasteiger partial charge >= 0.3 is 0 Å². The Balaban J connectivity index is 1.67. The van der Waals surface area contributed by atoms with Gasteiger partial charge in [-0.15, -0.1) is 0 Å². The van der Waals surface area contributed by atoms with Crippen LogP contribution in [0.15, 0.2) is 78.0 Å². The topological polar surface area (TPSA) is 110 Å². The van der Waals surface area contributed by atoms with Gasteiger partial charge in [0.2, 0.25) is 0 Å². The molecular weight excluding hydrogens is 452 g/mol. The molecule has 2 aromatic carbocycles. The molecule has 2 N–H and O–H groups in total. The van der Waals surface area contributed by atoms with Crippen LogP contribution >= 0.6 is 0 Å². The van der Waals surface area contributed by atoms with E-state index in [9.17, 15) is 13.2 Å². The number of carbonyl (C=O) groups is 1. The minimum Gasteiger partial charge on any atom is -0.496 e. The maximum atomic E-state index is 13.3. The summed E-state index contributed by atoms with van der Waals surface area (Å²) in [7, 11) is -0.934. The van der Waals surface area contributed by atoms with Crippen LogP contribution in [0.2, 0.25) is 0 Å². The van der Waals surface area contributed by atoms with E-state index in [-0.39, 0.29) is 16.5 Å². The SMILES string of the molecule is CNC(=O)c1ccc(C#Cc2ccccc2NS(=O)(=O)c2ccc(OC)c3cccnc23)cn1. The Morgan fingerprint density at radius 3 is 2.53 bits per heavy atom. The number of nitrogens with zero attached hydrogens (tertiary/aromatic N) is 2. The third-order valence-corrected chi connectivity index (χ3v) is 6.34. The molecule has 0 aliphatic heterocycles. The molecule has 0 aliphatic rings. The molecule has 0 radical (unpaired) electrons. The highest BCUT2D eigenvalue weighted by Crippen LogP contribution is 2.30. The van der Waals surface area contributed by atoms with E-state index in [0.29, 0.717) is 33.5 Å². The molecule has 0 bridgehead atoms. The van der Waals surface area contributed by atoms with E-state index in [4.69, 9.17) is 4.74 Å².